The summed E-state index contributed by atoms with van der Waals surface area (Å²) in [5, 5.41) is 16.1. The van der Waals surface area contributed by atoms with Gasteiger partial charge in [0, 0.05) is 55.8 Å². The minimum Gasteiger partial charge on any atom is -0.507 e. The highest BCUT2D eigenvalue weighted by Crippen LogP contribution is 2.40. The zero-order valence-corrected chi connectivity index (χ0v) is 23.2. The SMILES string of the molecule is COc1cc(-c2nn(C3CCC(N4CCN(C)CC4)CC3)c3ccnc(N)c23)ccc1N=Cc1ccccc1O. The first-order valence-electron chi connectivity index (χ1n) is 14.1. The number of hydrogen-bond donors (Lipinski definition) is 2. The van der Waals surface area contributed by atoms with Crippen LogP contribution in [0.3, 0.4) is 0 Å². The number of nitrogen functional groups attached to an aromatic ring is 1. The first-order valence-corrected chi connectivity index (χ1v) is 14.1. The van der Waals surface area contributed by atoms with Crippen LogP contribution in [0, 0.1) is 0 Å². The summed E-state index contributed by atoms with van der Waals surface area (Å²) in [5.41, 5.74) is 10.5. The molecule has 9 heteroatoms. The molecule has 208 valence electrons. The standard InChI is InChI=1S/C31H37N7O2/c1-36-15-17-37(18-16-36)23-8-10-24(11-9-23)38-26-13-14-33-31(32)29(26)30(35-38)21-7-12-25(28(19-21)40-2)34-20-22-5-3-4-6-27(22)39/h3-7,12-14,19-20,23-24,39H,8-11,15-18H2,1-2H3,(H2,32,33). The molecule has 1 saturated carbocycles. The smallest absolute Gasteiger partial charge is 0.145 e. The molecule has 0 unspecified atom stereocenters. The molecular weight excluding hydrogens is 502 g/mol. The number of aromatic hydroxyl groups is 1. The van der Waals surface area contributed by atoms with Crippen LogP contribution in [0.1, 0.15) is 37.3 Å². The Morgan fingerprint density at radius 2 is 1.75 bits per heavy atom. The summed E-state index contributed by atoms with van der Waals surface area (Å²) in [4.78, 5) is 14.1. The first-order chi connectivity index (χ1) is 19.5. The summed E-state index contributed by atoms with van der Waals surface area (Å²) in [7, 11) is 3.84. The van der Waals surface area contributed by atoms with Gasteiger partial charge in [0.1, 0.15) is 28.7 Å². The lowest BCUT2D eigenvalue weighted by Gasteiger charge is -2.41. The van der Waals surface area contributed by atoms with Crippen LogP contribution < -0.4 is 10.5 Å². The van der Waals surface area contributed by atoms with E-state index in [0.29, 0.717) is 34.9 Å². The number of phenols is 1. The molecule has 1 aliphatic heterocycles. The molecule has 9 nitrogen and oxygen atoms in total. The summed E-state index contributed by atoms with van der Waals surface area (Å²) in [5.74, 6) is 1.27. The first kappa shape index (κ1) is 26.3. The van der Waals surface area contributed by atoms with Crippen molar-refractivity contribution >= 4 is 28.6 Å². The number of nitrogens with zero attached hydrogens (tertiary/aromatic N) is 6. The van der Waals surface area contributed by atoms with E-state index < -0.39 is 0 Å². The van der Waals surface area contributed by atoms with Crippen LogP contribution in [0.2, 0.25) is 0 Å². The van der Waals surface area contributed by atoms with E-state index in [1.54, 1.807) is 31.7 Å². The number of aromatic nitrogens is 3. The summed E-state index contributed by atoms with van der Waals surface area (Å²) in [6, 6.07) is 15.9. The van der Waals surface area contributed by atoms with Crippen molar-refractivity contribution in [1.29, 1.82) is 0 Å². The molecule has 2 aromatic heterocycles. The van der Waals surface area contributed by atoms with E-state index >= 15 is 0 Å². The maximum Gasteiger partial charge on any atom is 0.145 e. The Kier molecular flexibility index (Phi) is 7.40. The van der Waals surface area contributed by atoms with Gasteiger partial charge in [0.05, 0.1) is 24.1 Å². The monoisotopic (exact) mass is 539 g/mol. The number of methoxy groups -OCH3 is 1. The van der Waals surface area contributed by atoms with Crippen LogP contribution in [0.4, 0.5) is 11.5 Å². The van der Waals surface area contributed by atoms with E-state index in [9.17, 15) is 5.11 Å². The molecule has 0 radical (unpaired) electrons. The Labute approximate surface area is 234 Å². The predicted molar refractivity (Wildman–Crippen MR) is 160 cm³/mol. The number of para-hydroxylation sites is 1. The lowest BCUT2D eigenvalue weighted by atomic mass is 9.89. The second-order valence-corrected chi connectivity index (χ2v) is 10.9. The summed E-state index contributed by atoms with van der Waals surface area (Å²) in [6.45, 7) is 4.64. The summed E-state index contributed by atoms with van der Waals surface area (Å²) >= 11 is 0. The summed E-state index contributed by atoms with van der Waals surface area (Å²) < 4.78 is 7.88. The van der Waals surface area contributed by atoms with Gasteiger partial charge in [-0.25, -0.2) is 4.98 Å². The van der Waals surface area contributed by atoms with Gasteiger partial charge in [-0.15, -0.1) is 0 Å². The topological polar surface area (TPSA) is 105 Å². The third kappa shape index (κ3) is 5.14. The predicted octanol–water partition coefficient (Wildman–Crippen LogP) is 4.88. The Bertz CT molecular complexity index is 1520. The minimum atomic E-state index is 0.180. The molecule has 2 fully saturated rings. The molecule has 0 atom stereocenters. The number of phenolic OH excluding ortho intramolecular Hbond substituents is 1. The number of fused-ring (bicyclic) bond motifs is 1. The van der Waals surface area contributed by atoms with Gasteiger partial charge in [-0.1, -0.05) is 18.2 Å². The van der Waals surface area contributed by atoms with Crippen molar-refractivity contribution in [3.8, 4) is 22.8 Å². The van der Waals surface area contributed by atoms with Crippen molar-refractivity contribution in [2.24, 2.45) is 4.99 Å². The highest BCUT2D eigenvalue weighted by Gasteiger charge is 2.30. The van der Waals surface area contributed by atoms with E-state index in [4.69, 9.17) is 15.6 Å². The fourth-order valence-electron chi connectivity index (χ4n) is 6.12. The van der Waals surface area contributed by atoms with Crippen molar-refractivity contribution in [1.82, 2.24) is 24.6 Å². The number of hydrogen-bond acceptors (Lipinski definition) is 8. The van der Waals surface area contributed by atoms with Crippen LogP contribution in [0.5, 0.6) is 11.5 Å². The van der Waals surface area contributed by atoms with Crippen molar-refractivity contribution in [3.05, 3.63) is 60.3 Å². The molecular formula is C31H37N7O2. The highest BCUT2D eigenvalue weighted by molar-refractivity contribution is 6.00. The fourth-order valence-corrected chi connectivity index (χ4v) is 6.12. The van der Waals surface area contributed by atoms with E-state index in [1.165, 1.54) is 12.8 Å². The van der Waals surface area contributed by atoms with E-state index in [2.05, 4.69) is 31.5 Å². The van der Waals surface area contributed by atoms with Crippen molar-refractivity contribution in [2.75, 3.05) is 46.1 Å². The lowest BCUT2D eigenvalue weighted by molar-refractivity contribution is 0.0816. The molecule has 0 spiro atoms. The second-order valence-electron chi connectivity index (χ2n) is 10.9. The molecule has 0 amide bonds. The number of ether oxygens (including phenoxy) is 1. The molecule has 4 aromatic rings. The third-order valence-corrected chi connectivity index (χ3v) is 8.45. The van der Waals surface area contributed by atoms with Gasteiger partial charge >= 0.3 is 0 Å². The molecule has 1 aliphatic carbocycles. The second kappa shape index (κ2) is 11.3. The molecule has 2 aliphatic rings. The molecule has 3 heterocycles. The van der Waals surface area contributed by atoms with Crippen LogP contribution >= 0.6 is 0 Å². The highest BCUT2D eigenvalue weighted by atomic mass is 16.5. The van der Waals surface area contributed by atoms with Gasteiger partial charge in [0.25, 0.3) is 0 Å². The van der Waals surface area contributed by atoms with Crippen molar-refractivity contribution < 1.29 is 9.84 Å². The maximum absolute atomic E-state index is 10.1. The van der Waals surface area contributed by atoms with Crippen LogP contribution in [0.25, 0.3) is 22.2 Å². The molecule has 3 N–H and O–H groups in total. The number of likely N-dealkylation sites (N-methyl/N-ethyl adjacent to an activating group) is 1. The average molecular weight is 540 g/mol. The Hall–Kier alpha value is -3.95. The number of pyridine rings is 1. The Balaban J connectivity index is 1.28. The normalized spacial score (nSPS) is 20.9. The average Bonchev–Trinajstić information content (AvgIpc) is 3.38. The molecule has 6 rings (SSSR count). The van der Waals surface area contributed by atoms with Gasteiger partial charge in [0.15, 0.2) is 0 Å². The number of aliphatic imine (C=N–C) groups is 1. The van der Waals surface area contributed by atoms with Crippen LogP contribution in [0.15, 0.2) is 59.7 Å². The molecule has 0 bridgehead atoms. The van der Waals surface area contributed by atoms with Crippen molar-refractivity contribution in [2.45, 2.75) is 37.8 Å². The lowest BCUT2D eigenvalue weighted by Crippen LogP contribution is -2.49. The molecule has 2 aromatic carbocycles. The van der Waals surface area contributed by atoms with E-state index in [-0.39, 0.29) is 5.75 Å². The number of anilines is 1. The summed E-state index contributed by atoms with van der Waals surface area (Å²) in [6.07, 6.45) is 7.97. The van der Waals surface area contributed by atoms with Crippen LogP contribution in [-0.4, -0.2) is 82.3 Å². The number of rotatable bonds is 6. The number of benzene rings is 2. The fraction of sp³-hybridized carbons (Fsp3) is 0.387. The molecule has 1 saturated heterocycles. The molecule has 40 heavy (non-hydrogen) atoms. The number of nitrogens with two attached hydrogens (primary N) is 1. The van der Waals surface area contributed by atoms with Gasteiger partial charge in [0.2, 0.25) is 0 Å². The van der Waals surface area contributed by atoms with Gasteiger partial charge in [-0.2, -0.15) is 5.10 Å². The van der Waals surface area contributed by atoms with Crippen molar-refractivity contribution in [3.63, 3.8) is 0 Å². The largest absolute Gasteiger partial charge is 0.507 e. The third-order valence-electron chi connectivity index (χ3n) is 8.45. The van der Waals surface area contributed by atoms with E-state index in [1.807, 2.05) is 36.4 Å². The Morgan fingerprint density at radius 1 is 1.00 bits per heavy atom. The quantitative estimate of drug-likeness (QED) is 0.337. The minimum absolute atomic E-state index is 0.180. The number of piperazine rings is 1. The zero-order chi connectivity index (χ0) is 27.6. The zero-order valence-electron chi connectivity index (χ0n) is 23.2. The Morgan fingerprint density at radius 3 is 2.50 bits per heavy atom. The van der Waals surface area contributed by atoms with Gasteiger partial charge in [-0.05, 0) is 63.1 Å². The van der Waals surface area contributed by atoms with Gasteiger partial charge in [-0.3, -0.25) is 14.6 Å². The van der Waals surface area contributed by atoms with Crippen LogP contribution in [-0.2, 0) is 0 Å². The van der Waals surface area contributed by atoms with E-state index in [0.717, 1.165) is 61.2 Å². The maximum atomic E-state index is 10.1. The van der Waals surface area contributed by atoms with Gasteiger partial charge < -0.3 is 20.5 Å².